The standard InChI is InChI=1S/C17H25N3O3/c1-18-17(22)14-11-19(2)7-8-20(12-14)16(21)10-13-5-4-6-15(9-13)23-3/h4-6,9,14H,7-8,10-12H2,1-3H3,(H,18,22)/t14-/m1/s1. The van der Waals surface area contributed by atoms with Crippen LogP contribution in [0.25, 0.3) is 0 Å². The fraction of sp³-hybridized carbons (Fsp3) is 0.529. The van der Waals surface area contributed by atoms with Crippen molar-refractivity contribution in [2.75, 3.05) is 47.4 Å². The first kappa shape index (κ1) is 17.3. The average Bonchev–Trinajstić information content (AvgIpc) is 2.76. The van der Waals surface area contributed by atoms with E-state index in [4.69, 9.17) is 4.74 Å². The van der Waals surface area contributed by atoms with Gasteiger partial charge < -0.3 is 19.9 Å². The Balaban J connectivity index is 2.05. The molecule has 1 N–H and O–H groups in total. The van der Waals surface area contributed by atoms with Crippen molar-refractivity contribution in [2.45, 2.75) is 6.42 Å². The molecule has 2 rings (SSSR count). The van der Waals surface area contributed by atoms with E-state index in [-0.39, 0.29) is 17.7 Å². The molecule has 6 heteroatoms. The zero-order chi connectivity index (χ0) is 16.8. The number of carbonyl (C=O) groups is 2. The Bertz CT molecular complexity index is 562. The van der Waals surface area contributed by atoms with Gasteiger partial charge in [-0.15, -0.1) is 0 Å². The second-order valence-corrected chi connectivity index (χ2v) is 5.94. The summed E-state index contributed by atoms with van der Waals surface area (Å²) in [7, 11) is 5.22. The highest BCUT2D eigenvalue weighted by Gasteiger charge is 2.28. The van der Waals surface area contributed by atoms with E-state index in [9.17, 15) is 9.59 Å². The highest BCUT2D eigenvalue weighted by atomic mass is 16.5. The van der Waals surface area contributed by atoms with Gasteiger partial charge in [-0.1, -0.05) is 12.1 Å². The Kier molecular flexibility index (Phi) is 5.98. The fourth-order valence-corrected chi connectivity index (χ4v) is 2.84. The van der Waals surface area contributed by atoms with Crippen molar-refractivity contribution >= 4 is 11.8 Å². The number of benzene rings is 1. The first-order chi connectivity index (χ1) is 11.0. The molecule has 6 nitrogen and oxygen atoms in total. The molecule has 1 atom stereocenters. The molecule has 2 amide bonds. The maximum atomic E-state index is 12.6. The molecule has 1 aliphatic rings. The molecular formula is C17H25N3O3. The van der Waals surface area contributed by atoms with E-state index in [0.29, 0.717) is 26.1 Å². The second-order valence-electron chi connectivity index (χ2n) is 5.94. The Hall–Kier alpha value is -2.08. The molecule has 1 aromatic carbocycles. The lowest BCUT2D eigenvalue weighted by molar-refractivity contribution is -0.132. The normalized spacial score (nSPS) is 19.1. The molecule has 23 heavy (non-hydrogen) atoms. The predicted octanol–water partition coefficient (Wildman–Crippen LogP) is 0.374. The van der Waals surface area contributed by atoms with Gasteiger partial charge in [0.05, 0.1) is 19.4 Å². The van der Waals surface area contributed by atoms with E-state index in [1.807, 2.05) is 31.3 Å². The van der Waals surface area contributed by atoms with Crippen LogP contribution in [0.2, 0.25) is 0 Å². The summed E-state index contributed by atoms with van der Waals surface area (Å²) in [6, 6.07) is 7.53. The van der Waals surface area contributed by atoms with Crippen LogP contribution in [-0.2, 0) is 16.0 Å². The van der Waals surface area contributed by atoms with Gasteiger partial charge in [-0.25, -0.2) is 0 Å². The number of amides is 2. The smallest absolute Gasteiger partial charge is 0.227 e. The summed E-state index contributed by atoms with van der Waals surface area (Å²) in [5, 5.41) is 2.69. The lowest BCUT2D eigenvalue weighted by atomic mass is 10.1. The van der Waals surface area contributed by atoms with Gasteiger partial charge in [0.1, 0.15) is 5.75 Å². The van der Waals surface area contributed by atoms with Crippen LogP contribution in [0.3, 0.4) is 0 Å². The van der Waals surface area contributed by atoms with Gasteiger partial charge in [0, 0.05) is 33.2 Å². The molecule has 1 aliphatic heterocycles. The number of ether oxygens (including phenoxy) is 1. The minimum atomic E-state index is -0.193. The third-order valence-electron chi connectivity index (χ3n) is 4.18. The van der Waals surface area contributed by atoms with E-state index in [2.05, 4.69) is 10.2 Å². The van der Waals surface area contributed by atoms with Gasteiger partial charge in [0.25, 0.3) is 0 Å². The van der Waals surface area contributed by atoms with Crippen molar-refractivity contribution in [3.8, 4) is 5.75 Å². The van der Waals surface area contributed by atoms with Crippen LogP contribution < -0.4 is 10.1 Å². The molecular weight excluding hydrogens is 294 g/mol. The Morgan fingerprint density at radius 2 is 2.09 bits per heavy atom. The maximum Gasteiger partial charge on any atom is 0.227 e. The summed E-state index contributed by atoms with van der Waals surface area (Å²) in [6.07, 6.45) is 0.321. The van der Waals surface area contributed by atoms with Gasteiger partial charge in [0.15, 0.2) is 0 Å². The molecule has 0 bridgehead atoms. The molecule has 0 spiro atoms. The van der Waals surface area contributed by atoms with Gasteiger partial charge in [-0.2, -0.15) is 0 Å². The highest BCUT2D eigenvalue weighted by Crippen LogP contribution is 2.15. The molecule has 0 aromatic heterocycles. The first-order valence-electron chi connectivity index (χ1n) is 7.84. The number of rotatable bonds is 4. The van der Waals surface area contributed by atoms with Crippen molar-refractivity contribution in [2.24, 2.45) is 5.92 Å². The first-order valence-corrected chi connectivity index (χ1v) is 7.84. The van der Waals surface area contributed by atoms with Crippen molar-refractivity contribution in [3.63, 3.8) is 0 Å². The minimum absolute atomic E-state index is 0.0158. The van der Waals surface area contributed by atoms with Crippen LogP contribution in [0, 0.1) is 5.92 Å². The van der Waals surface area contributed by atoms with E-state index < -0.39 is 0 Å². The van der Waals surface area contributed by atoms with Crippen LogP contribution in [0.1, 0.15) is 5.56 Å². The number of nitrogens with zero attached hydrogens (tertiary/aromatic N) is 2. The summed E-state index contributed by atoms with van der Waals surface area (Å²) in [5.74, 6) is 0.580. The summed E-state index contributed by atoms with van der Waals surface area (Å²) in [5.41, 5.74) is 0.920. The topological polar surface area (TPSA) is 61.9 Å². The minimum Gasteiger partial charge on any atom is -0.497 e. The Labute approximate surface area is 137 Å². The quantitative estimate of drug-likeness (QED) is 0.871. The van der Waals surface area contributed by atoms with Gasteiger partial charge >= 0.3 is 0 Å². The number of likely N-dealkylation sites (N-methyl/N-ethyl adjacent to an activating group) is 1. The predicted molar refractivity (Wildman–Crippen MR) is 88.3 cm³/mol. The monoisotopic (exact) mass is 319 g/mol. The van der Waals surface area contributed by atoms with Crippen LogP contribution in [0.15, 0.2) is 24.3 Å². The Morgan fingerprint density at radius 1 is 1.30 bits per heavy atom. The molecule has 0 unspecified atom stereocenters. The SMILES string of the molecule is CNC(=O)[C@@H]1CN(C)CCN(C(=O)Cc2cccc(OC)c2)C1. The molecule has 0 radical (unpaired) electrons. The maximum absolute atomic E-state index is 12.6. The number of hydrogen-bond donors (Lipinski definition) is 1. The molecule has 1 saturated heterocycles. The molecule has 0 aliphatic carbocycles. The summed E-state index contributed by atoms with van der Waals surface area (Å²) < 4.78 is 5.19. The van der Waals surface area contributed by atoms with Gasteiger partial charge in [0.2, 0.25) is 11.8 Å². The zero-order valence-corrected chi connectivity index (χ0v) is 14.0. The van der Waals surface area contributed by atoms with Crippen LogP contribution in [0.4, 0.5) is 0 Å². The lowest BCUT2D eigenvalue weighted by Crippen LogP contribution is -2.41. The molecule has 1 fully saturated rings. The van der Waals surface area contributed by atoms with Crippen molar-refractivity contribution in [1.29, 1.82) is 0 Å². The van der Waals surface area contributed by atoms with E-state index >= 15 is 0 Å². The average molecular weight is 319 g/mol. The Morgan fingerprint density at radius 3 is 2.78 bits per heavy atom. The summed E-state index contributed by atoms with van der Waals surface area (Å²) >= 11 is 0. The molecule has 1 heterocycles. The second kappa shape index (κ2) is 7.97. The van der Waals surface area contributed by atoms with E-state index in [0.717, 1.165) is 17.9 Å². The van der Waals surface area contributed by atoms with Gasteiger partial charge in [-0.3, -0.25) is 9.59 Å². The lowest BCUT2D eigenvalue weighted by Gasteiger charge is -2.23. The number of nitrogens with one attached hydrogen (secondary N) is 1. The van der Waals surface area contributed by atoms with Crippen LogP contribution in [-0.4, -0.2) is 69.0 Å². The largest absolute Gasteiger partial charge is 0.497 e. The summed E-state index contributed by atoms with van der Waals surface area (Å²) in [6.45, 7) is 2.56. The highest BCUT2D eigenvalue weighted by molar-refractivity contribution is 5.82. The number of hydrogen-bond acceptors (Lipinski definition) is 4. The van der Waals surface area contributed by atoms with Crippen molar-refractivity contribution < 1.29 is 14.3 Å². The van der Waals surface area contributed by atoms with Crippen LogP contribution in [0.5, 0.6) is 5.75 Å². The molecule has 126 valence electrons. The molecule has 0 saturated carbocycles. The van der Waals surface area contributed by atoms with Gasteiger partial charge in [-0.05, 0) is 24.7 Å². The fourth-order valence-electron chi connectivity index (χ4n) is 2.84. The number of carbonyl (C=O) groups excluding carboxylic acids is 2. The zero-order valence-electron chi connectivity index (χ0n) is 14.0. The molecule has 1 aromatic rings. The summed E-state index contributed by atoms with van der Waals surface area (Å²) in [4.78, 5) is 28.5. The van der Waals surface area contributed by atoms with Crippen molar-refractivity contribution in [1.82, 2.24) is 15.1 Å². The third kappa shape index (κ3) is 4.69. The van der Waals surface area contributed by atoms with Crippen LogP contribution >= 0.6 is 0 Å². The van der Waals surface area contributed by atoms with Crippen molar-refractivity contribution in [3.05, 3.63) is 29.8 Å². The van der Waals surface area contributed by atoms with E-state index in [1.165, 1.54) is 0 Å². The number of methoxy groups -OCH3 is 1. The third-order valence-corrected chi connectivity index (χ3v) is 4.18. The van der Waals surface area contributed by atoms with E-state index in [1.54, 1.807) is 19.1 Å².